The quantitative estimate of drug-likeness (QED) is 0.910. The number of hydrogen-bond donors (Lipinski definition) is 1. The lowest BCUT2D eigenvalue weighted by molar-refractivity contribution is 0.0689. The summed E-state index contributed by atoms with van der Waals surface area (Å²) in [6.07, 6.45) is 0. The Kier molecular flexibility index (Phi) is 3.08. The normalized spacial score (nSPS) is 14.2. The SMILES string of the molecule is CN1CCN(C)c2c(-c3cc(C(=O)O)nn3C)cccc21. The second-order valence-electron chi connectivity index (χ2n) is 5.36. The molecule has 1 aromatic carbocycles. The standard InChI is InChI=1S/C15H18N4O2/c1-17-7-8-18(2)14-10(5-4-6-12(14)17)13-9-11(15(20)21)16-19(13)3/h4-6,9H,7-8H2,1-3H3,(H,20,21). The fraction of sp³-hybridized carbons (Fsp3) is 0.333. The van der Waals surface area contributed by atoms with Crippen molar-refractivity contribution >= 4 is 17.3 Å². The summed E-state index contributed by atoms with van der Waals surface area (Å²) < 4.78 is 1.63. The molecule has 0 saturated carbocycles. The molecule has 0 amide bonds. The number of anilines is 2. The molecular weight excluding hydrogens is 268 g/mol. The van der Waals surface area contributed by atoms with Gasteiger partial charge in [-0.25, -0.2) is 4.79 Å². The first-order valence-corrected chi connectivity index (χ1v) is 6.82. The van der Waals surface area contributed by atoms with Crippen LogP contribution in [0.4, 0.5) is 11.4 Å². The first kappa shape index (κ1) is 13.5. The summed E-state index contributed by atoms with van der Waals surface area (Å²) >= 11 is 0. The maximum absolute atomic E-state index is 11.1. The Hall–Kier alpha value is -2.50. The number of aromatic nitrogens is 2. The van der Waals surface area contributed by atoms with Crippen LogP contribution in [0.3, 0.4) is 0 Å². The average molecular weight is 286 g/mol. The molecule has 1 N–H and O–H groups in total. The van der Waals surface area contributed by atoms with Gasteiger partial charge in [-0.05, 0) is 12.1 Å². The number of aromatic carboxylic acids is 1. The maximum Gasteiger partial charge on any atom is 0.356 e. The van der Waals surface area contributed by atoms with Crippen LogP contribution in [0.2, 0.25) is 0 Å². The molecule has 6 heteroatoms. The van der Waals surface area contributed by atoms with E-state index in [0.717, 1.165) is 35.7 Å². The van der Waals surface area contributed by atoms with Crippen molar-refractivity contribution in [1.29, 1.82) is 0 Å². The average Bonchev–Trinajstić information content (AvgIpc) is 2.85. The van der Waals surface area contributed by atoms with Gasteiger partial charge in [-0.2, -0.15) is 5.10 Å². The Bertz CT molecular complexity index is 708. The number of hydrogen-bond acceptors (Lipinski definition) is 4. The molecular formula is C15H18N4O2. The molecule has 21 heavy (non-hydrogen) atoms. The fourth-order valence-corrected chi connectivity index (χ4v) is 2.80. The molecule has 6 nitrogen and oxygen atoms in total. The van der Waals surface area contributed by atoms with Crippen molar-refractivity contribution in [3.63, 3.8) is 0 Å². The first-order chi connectivity index (χ1) is 9.99. The lowest BCUT2D eigenvalue weighted by atomic mass is 10.0. The Morgan fingerprint density at radius 2 is 1.90 bits per heavy atom. The van der Waals surface area contributed by atoms with Crippen LogP contribution in [0.5, 0.6) is 0 Å². The number of para-hydroxylation sites is 1. The van der Waals surface area contributed by atoms with Crippen molar-refractivity contribution < 1.29 is 9.90 Å². The largest absolute Gasteiger partial charge is 0.476 e. The van der Waals surface area contributed by atoms with Crippen LogP contribution < -0.4 is 9.80 Å². The van der Waals surface area contributed by atoms with E-state index >= 15 is 0 Å². The summed E-state index contributed by atoms with van der Waals surface area (Å²) in [6.45, 7) is 1.91. The Labute approximate surface area is 123 Å². The molecule has 0 saturated heterocycles. The van der Waals surface area contributed by atoms with Crippen molar-refractivity contribution in [2.75, 3.05) is 37.0 Å². The fourth-order valence-electron chi connectivity index (χ4n) is 2.80. The van der Waals surface area contributed by atoms with Crippen molar-refractivity contribution in [2.24, 2.45) is 7.05 Å². The van der Waals surface area contributed by atoms with Crippen LogP contribution in [0.1, 0.15) is 10.5 Å². The first-order valence-electron chi connectivity index (χ1n) is 6.82. The topological polar surface area (TPSA) is 61.6 Å². The molecule has 0 aliphatic carbocycles. The van der Waals surface area contributed by atoms with Gasteiger partial charge in [0.15, 0.2) is 5.69 Å². The van der Waals surface area contributed by atoms with Gasteiger partial charge in [0.05, 0.1) is 17.1 Å². The molecule has 110 valence electrons. The molecule has 1 aliphatic heterocycles. The van der Waals surface area contributed by atoms with Crippen molar-refractivity contribution in [3.8, 4) is 11.3 Å². The van der Waals surface area contributed by atoms with E-state index in [2.05, 4.69) is 35.1 Å². The highest BCUT2D eigenvalue weighted by molar-refractivity contribution is 5.91. The maximum atomic E-state index is 11.1. The zero-order valence-electron chi connectivity index (χ0n) is 12.4. The number of nitrogens with zero attached hydrogens (tertiary/aromatic N) is 4. The van der Waals surface area contributed by atoms with E-state index in [0.29, 0.717) is 0 Å². The zero-order chi connectivity index (χ0) is 15.1. The molecule has 2 heterocycles. The van der Waals surface area contributed by atoms with E-state index < -0.39 is 5.97 Å². The van der Waals surface area contributed by atoms with Gasteiger partial charge >= 0.3 is 5.97 Å². The molecule has 0 atom stereocenters. The molecule has 1 aliphatic rings. The van der Waals surface area contributed by atoms with E-state index in [9.17, 15) is 4.79 Å². The second kappa shape index (κ2) is 4.80. The number of benzene rings is 1. The van der Waals surface area contributed by atoms with Crippen LogP contribution in [0.25, 0.3) is 11.3 Å². The molecule has 0 bridgehead atoms. The highest BCUT2D eigenvalue weighted by Crippen LogP contribution is 2.40. The van der Waals surface area contributed by atoms with Gasteiger partial charge in [0.1, 0.15) is 0 Å². The minimum atomic E-state index is -1.01. The van der Waals surface area contributed by atoms with Gasteiger partial charge in [-0.15, -0.1) is 0 Å². The number of carbonyl (C=O) groups is 1. The second-order valence-corrected chi connectivity index (χ2v) is 5.36. The highest BCUT2D eigenvalue weighted by Gasteiger charge is 2.23. The summed E-state index contributed by atoms with van der Waals surface area (Å²) in [5.74, 6) is -1.01. The van der Waals surface area contributed by atoms with Gasteiger partial charge in [-0.3, -0.25) is 4.68 Å². The lowest BCUT2D eigenvalue weighted by Gasteiger charge is -2.36. The van der Waals surface area contributed by atoms with Gasteiger partial charge in [0.2, 0.25) is 0 Å². The third kappa shape index (κ3) is 2.12. The van der Waals surface area contributed by atoms with Crippen LogP contribution >= 0.6 is 0 Å². The number of aryl methyl sites for hydroxylation is 1. The van der Waals surface area contributed by atoms with Crippen LogP contribution in [0, 0.1) is 0 Å². The van der Waals surface area contributed by atoms with Crippen molar-refractivity contribution in [2.45, 2.75) is 0 Å². The molecule has 2 aromatic rings. The van der Waals surface area contributed by atoms with Gasteiger partial charge in [-0.1, -0.05) is 12.1 Å². The molecule has 1 aromatic heterocycles. The predicted molar refractivity (Wildman–Crippen MR) is 82.1 cm³/mol. The number of carboxylic acid groups (broad SMARTS) is 1. The van der Waals surface area contributed by atoms with Crippen molar-refractivity contribution in [3.05, 3.63) is 30.0 Å². The minimum absolute atomic E-state index is 0.0666. The number of fused-ring (bicyclic) bond motifs is 1. The number of rotatable bonds is 2. The van der Waals surface area contributed by atoms with Crippen LogP contribution in [-0.2, 0) is 7.05 Å². The lowest BCUT2D eigenvalue weighted by Crippen LogP contribution is -2.37. The van der Waals surface area contributed by atoms with E-state index in [1.165, 1.54) is 0 Å². The molecule has 0 fully saturated rings. The monoisotopic (exact) mass is 286 g/mol. The highest BCUT2D eigenvalue weighted by atomic mass is 16.4. The van der Waals surface area contributed by atoms with Crippen LogP contribution in [0.15, 0.2) is 24.3 Å². The van der Waals surface area contributed by atoms with E-state index in [-0.39, 0.29) is 5.69 Å². The van der Waals surface area contributed by atoms with Gasteiger partial charge in [0.25, 0.3) is 0 Å². The van der Waals surface area contributed by atoms with E-state index in [1.807, 2.05) is 12.1 Å². The molecule has 0 unspecified atom stereocenters. The summed E-state index contributed by atoms with van der Waals surface area (Å²) in [5.41, 5.74) is 4.15. The van der Waals surface area contributed by atoms with Crippen LogP contribution in [-0.4, -0.2) is 48.0 Å². The summed E-state index contributed by atoms with van der Waals surface area (Å²) in [7, 11) is 5.90. The summed E-state index contributed by atoms with van der Waals surface area (Å²) in [6, 6.07) is 7.72. The zero-order valence-corrected chi connectivity index (χ0v) is 12.4. The molecule has 3 rings (SSSR count). The Morgan fingerprint density at radius 3 is 2.57 bits per heavy atom. The number of carboxylic acids is 1. The third-order valence-corrected chi connectivity index (χ3v) is 3.95. The van der Waals surface area contributed by atoms with E-state index in [1.54, 1.807) is 17.8 Å². The Morgan fingerprint density at radius 1 is 1.19 bits per heavy atom. The third-order valence-electron chi connectivity index (χ3n) is 3.95. The van der Waals surface area contributed by atoms with Gasteiger partial charge < -0.3 is 14.9 Å². The molecule has 0 spiro atoms. The summed E-state index contributed by atoms with van der Waals surface area (Å²) in [4.78, 5) is 15.5. The Balaban J connectivity index is 2.20. The van der Waals surface area contributed by atoms with Crippen molar-refractivity contribution in [1.82, 2.24) is 9.78 Å². The van der Waals surface area contributed by atoms with Gasteiger partial charge in [0, 0.05) is 39.8 Å². The summed E-state index contributed by atoms with van der Waals surface area (Å²) in [5, 5.41) is 13.2. The minimum Gasteiger partial charge on any atom is -0.476 e. The van der Waals surface area contributed by atoms with E-state index in [4.69, 9.17) is 5.11 Å². The predicted octanol–water partition coefficient (Wildman–Crippen LogP) is 1.67. The smallest absolute Gasteiger partial charge is 0.356 e. The number of likely N-dealkylation sites (N-methyl/N-ethyl adjacent to an activating group) is 2. The molecule has 0 radical (unpaired) electrons.